The van der Waals surface area contributed by atoms with Crippen LogP contribution in [-0.2, 0) is 10.0 Å². The average molecular weight is 389 g/mol. The third-order valence-electron chi connectivity index (χ3n) is 3.74. The molecule has 0 atom stereocenters. The SMILES string of the molecule is COc1ccc(C)cc1S(=O)(=O)NCC#CCOc1ccc2c(c1)OCO2. The average Bonchev–Trinajstić information content (AvgIpc) is 3.12. The summed E-state index contributed by atoms with van der Waals surface area (Å²) in [5.74, 6) is 7.67. The van der Waals surface area contributed by atoms with Gasteiger partial charge in [-0.2, -0.15) is 4.72 Å². The van der Waals surface area contributed by atoms with Gasteiger partial charge in [-0.25, -0.2) is 8.42 Å². The lowest BCUT2D eigenvalue weighted by Crippen LogP contribution is -2.24. The molecular weight excluding hydrogens is 370 g/mol. The molecule has 0 fully saturated rings. The van der Waals surface area contributed by atoms with E-state index in [1.54, 1.807) is 36.4 Å². The van der Waals surface area contributed by atoms with Gasteiger partial charge < -0.3 is 18.9 Å². The van der Waals surface area contributed by atoms with Gasteiger partial charge >= 0.3 is 0 Å². The fraction of sp³-hybridized carbons (Fsp3) is 0.263. The molecule has 8 heteroatoms. The number of methoxy groups -OCH3 is 1. The first-order valence-corrected chi connectivity index (χ1v) is 9.60. The second kappa shape index (κ2) is 8.20. The molecule has 2 aromatic rings. The van der Waals surface area contributed by atoms with Crippen molar-refractivity contribution in [2.75, 3.05) is 27.1 Å². The Morgan fingerprint density at radius 3 is 2.74 bits per heavy atom. The molecule has 0 aromatic heterocycles. The highest BCUT2D eigenvalue weighted by Crippen LogP contribution is 2.35. The van der Waals surface area contributed by atoms with Crippen LogP contribution in [0.25, 0.3) is 0 Å². The zero-order valence-electron chi connectivity index (χ0n) is 14.9. The zero-order chi connectivity index (χ0) is 19.3. The molecule has 0 radical (unpaired) electrons. The van der Waals surface area contributed by atoms with Gasteiger partial charge in [-0.05, 0) is 36.8 Å². The topological polar surface area (TPSA) is 83.1 Å². The maximum Gasteiger partial charge on any atom is 0.245 e. The van der Waals surface area contributed by atoms with Crippen LogP contribution in [0.15, 0.2) is 41.3 Å². The highest BCUT2D eigenvalue weighted by Gasteiger charge is 2.18. The van der Waals surface area contributed by atoms with E-state index >= 15 is 0 Å². The number of nitrogens with one attached hydrogen (secondary N) is 1. The first-order chi connectivity index (χ1) is 13.0. The van der Waals surface area contributed by atoms with Crippen molar-refractivity contribution < 1.29 is 27.4 Å². The highest BCUT2D eigenvalue weighted by molar-refractivity contribution is 7.89. The predicted octanol–water partition coefficient (Wildman–Crippen LogP) is 2.09. The van der Waals surface area contributed by atoms with Crippen molar-refractivity contribution in [2.45, 2.75) is 11.8 Å². The lowest BCUT2D eigenvalue weighted by atomic mass is 10.2. The molecule has 3 rings (SSSR count). The van der Waals surface area contributed by atoms with Gasteiger partial charge in [-0.3, -0.25) is 0 Å². The molecule has 1 aliphatic rings. The third kappa shape index (κ3) is 4.64. The van der Waals surface area contributed by atoms with Crippen LogP contribution in [0.5, 0.6) is 23.0 Å². The molecule has 0 bridgehead atoms. The molecule has 0 aliphatic carbocycles. The minimum Gasteiger partial charge on any atom is -0.495 e. The van der Waals surface area contributed by atoms with Crippen LogP contribution in [0.3, 0.4) is 0 Å². The van der Waals surface area contributed by atoms with Gasteiger partial charge in [0.1, 0.15) is 23.0 Å². The lowest BCUT2D eigenvalue weighted by molar-refractivity contribution is 0.174. The molecule has 1 aliphatic heterocycles. The molecule has 1 N–H and O–H groups in total. The van der Waals surface area contributed by atoms with Crippen molar-refractivity contribution in [1.82, 2.24) is 4.72 Å². The summed E-state index contributed by atoms with van der Waals surface area (Å²) >= 11 is 0. The summed E-state index contributed by atoms with van der Waals surface area (Å²) in [4.78, 5) is 0.0865. The Hall–Kier alpha value is -2.89. The molecule has 0 saturated carbocycles. The Morgan fingerprint density at radius 1 is 1.11 bits per heavy atom. The predicted molar refractivity (Wildman–Crippen MR) is 98.8 cm³/mol. The van der Waals surface area contributed by atoms with Crippen molar-refractivity contribution in [3.8, 4) is 34.8 Å². The van der Waals surface area contributed by atoms with Gasteiger partial charge in [0, 0.05) is 6.07 Å². The Kier molecular flexibility index (Phi) is 5.74. The van der Waals surface area contributed by atoms with Crippen molar-refractivity contribution in [1.29, 1.82) is 0 Å². The standard InChI is InChI=1S/C19H19NO6S/c1-14-5-7-17(23-2)19(11-14)27(21,22)20-9-3-4-10-24-15-6-8-16-18(12-15)26-13-25-16/h5-8,11-12,20H,9-10,13H2,1-2H3. The minimum absolute atomic E-state index is 0.0378. The third-order valence-corrected chi connectivity index (χ3v) is 5.16. The largest absolute Gasteiger partial charge is 0.495 e. The molecule has 2 aromatic carbocycles. The van der Waals surface area contributed by atoms with E-state index in [4.69, 9.17) is 18.9 Å². The molecule has 0 amide bonds. The summed E-state index contributed by atoms with van der Waals surface area (Å²) < 4.78 is 48.4. The van der Waals surface area contributed by atoms with Crippen LogP contribution in [0.2, 0.25) is 0 Å². The number of aryl methyl sites for hydroxylation is 1. The summed E-state index contributed by atoms with van der Waals surface area (Å²) in [6, 6.07) is 10.2. The fourth-order valence-electron chi connectivity index (χ4n) is 2.40. The van der Waals surface area contributed by atoms with Crippen molar-refractivity contribution in [2.24, 2.45) is 0 Å². The van der Waals surface area contributed by atoms with Crippen molar-refractivity contribution >= 4 is 10.0 Å². The summed E-state index contributed by atoms with van der Waals surface area (Å²) in [6.07, 6.45) is 0. The van der Waals surface area contributed by atoms with Crippen LogP contribution >= 0.6 is 0 Å². The van der Waals surface area contributed by atoms with Gasteiger partial charge in [0.25, 0.3) is 0 Å². The number of sulfonamides is 1. The summed E-state index contributed by atoms with van der Waals surface area (Å²) in [5.41, 5.74) is 0.819. The molecule has 7 nitrogen and oxygen atoms in total. The molecule has 27 heavy (non-hydrogen) atoms. The van der Waals surface area contributed by atoms with E-state index < -0.39 is 10.0 Å². The number of fused-ring (bicyclic) bond motifs is 1. The maximum atomic E-state index is 12.4. The minimum atomic E-state index is -3.72. The monoisotopic (exact) mass is 389 g/mol. The van der Waals surface area contributed by atoms with E-state index in [0.29, 0.717) is 17.2 Å². The highest BCUT2D eigenvalue weighted by atomic mass is 32.2. The Bertz CT molecular complexity index is 991. The smallest absolute Gasteiger partial charge is 0.245 e. The fourth-order valence-corrected chi connectivity index (χ4v) is 3.58. The van der Waals surface area contributed by atoms with E-state index in [1.165, 1.54) is 7.11 Å². The summed E-state index contributed by atoms with van der Waals surface area (Å²) in [6.45, 7) is 2.09. The number of hydrogen-bond donors (Lipinski definition) is 1. The number of ether oxygens (including phenoxy) is 4. The number of rotatable bonds is 6. The quantitative estimate of drug-likeness (QED) is 0.762. The van der Waals surface area contributed by atoms with E-state index in [-0.39, 0.29) is 30.6 Å². The maximum absolute atomic E-state index is 12.4. The Balaban J connectivity index is 1.53. The molecule has 0 saturated heterocycles. The Morgan fingerprint density at radius 2 is 1.93 bits per heavy atom. The van der Waals surface area contributed by atoms with Gasteiger partial charge in [0.15, 0.2) is 11.5 Å². The van der Waals surface area contributed by atoms with Gasteiger partial charge in [-0.1, -0.05) is 17.9 Å². The summed E-state index contributed by atoms with van der Waals surface area (Å²) in [7, 11) is -2.29. The zero-order valence-corrected chi connectivity index (χ0v) is 15.8. The number of benzene rings is 2. The van der Waals surface area contributed by atoms with Crippen molar-refractivity contribution in [3.05, 3.63) is 42.0 Å². The van der Waals surface area contributed by atoms with Crippen LogP contribution < -0.4 is 23.7 Å². The molecule has 0 spiro atoms. The first-order valence-electron chi connectivity index (χ1n) is 8.12. The second-order valence-electron chi connectivity index (χ2n) is 5.64. The van der Waals surface area contributed by atoms with E-state index in [1.807, 2.05) is 6.92 Å². The van der Waals surface area contributed by atoms with Crippen LogP contribution in [0, 0.1) is 18.8 Å². The van der Waals surface area contributed by atoms with Crippen LogP contribution in [0.4, 0.5) is 0 Å². The molecular formula is C19H19NO6S. The van der Waals surface area contributed by atoms with Crippen LogP contribution in [-0.4, -0.2) is 35.5 Å². The molecule has 1 heterocycles. The van der Waals surface area contributed by atoms with Gasteiger partial charge in [-0.15, -0.1) is 0 Å². The number of hydrogen-bond acceptors (Lipinski definition) is 6. The van der Waals surface area contributed by atoms with E-state index in [0.717, 1.165) is 5.56 Å². The van der Waals surface area contributed by atoms with Crippen LogP contribution in [0.1, 0.15) is 5.56 Å². The molecule has 142 valence electrons. The lowest BCUT2D eigenvalue weighted by Gasteiger charge is -2.10. The summed E-state index contributed by atoms with van der Waals surface area (Å²) in [5, 5.41) is 0. The van der Waals surface area contributed by atoms with E-state index in [2.05, 4.69) is 16.6 Å². The molecule has 0 unspecified atom stereocenters. The van der Waals surface area contributed by atoms with E-state index in [9.17, 15) is 8.42 Å². The Labute approximate surface area is 158 Å². The second-order valence-corrected chi connectivity index (χ2v) is 7.37. The first kappa shape index (κ1) is 18.9. The normalized spacial score (nSPS) is 12.2. The van der Waals surface area contributed by atoms with Gasteiger partial charge in [0.2, 0.25) is 16.8 Å². The van der Waals surface area contributed by atoms with Crippen molar-refractivity contribution in [3.63, 3.8) is 0 Å². The van der Waals surface area contributed by atoms with Gasteiger partial charge in [0.05, 0.1) is 13.7 Å².